The van der Waals surface area contributed by atoms with Crippen molar-refractivity contribution in [3.05, 3.63) is 57.6 Å². The molecule has 2 atom stereocenters. The van der Waals surface area contributed by atoms with Crippen LogP contribution in [0.15, 0.2) is 41.4 Å². The van der Waals surface area contributed by atoms with Gasteiger partial charge < -0.3 is 31.5 Å². The Morgan fingerprint density at radius 2 is 2.00 bits per heavy atom. The maximum Gasteiger partial charge on any atom is 0.305 e. The molecular weight excluding hydrogens is 504 g/mol. The number of nitrogens with zero attached hydrogens (tertiary/aromatic N) is 1. The van der Waals surface area contributed by atoms with Crippen LogP contribution in [0.1, 0.15) is 28.4 Å². The number of hydrogen-bond donors (Lipinski definition) is 6. The van der Waals surface area contributed by atoms with Gasteiger partial charge in [0, 0.05) is 21.8 Å². The number of nitrogens with one attached hydrogen (secondary N) is 4. The molecule has 2 aromatic carbocycles. The largest absolute Gasteiger partial charge is 0.506 e. The van der Waals surface area contributed by atoms with Crippen molar-refractivity contribution >= 4 is 52.6 Å². The highest BCUT2D eigenvalue weighted by Gasteiger charge is 2.23. The van der Waals surface area contributed by atoms with E-state index in [1.165, 1.54) is 24.3 Å². The topological polar surface area (TPSA) is 152 Å². The lowest BCUT2D eigenvalue weighted by atomic mass is 10.0. The maximum absolute atomic E-state index is 13.2. The third-order valence-corrected chi connectivity index (χ3v) is 5.39. The van der Waals surface area contributed by atoms with E-state index < -0.39 is 48.7 Å². The first-order valence-corrected chi connectivity index (χ1v) is 11.1. The average molecular weight is 526 g/mol. The number of carboxylic acid groups (broad SMARTS) is 1. The molecule has 0 fully saturated rings. The zero-order valence-corrected chi connectivity index (χ0v) is 19.7. The van der Waals surface area contributed by atoms with Crippen LogP contribution in [0, 0.1) is 0 Å². The number of aliphatic carboxylic acids is 1. The van der Waals surface area contributed by atoms with Crippen molar-refractivity contribution in [2.24, 2.45) is 4.99 Å². The summed E-state index contributed by atoms with van der Waals surface area (Å²) in [6, 6.07) is 7.80. The Bertz CT molecular complexity index is 1160. The second kappa shape index (κ2) is 11.7. The van der Waals surface area contributed by atoms with Gasteiger partial charge in [0.05, 0.1) is 37.1 Å². The molecule has 1 aliphatic rings. The Morgan fingerprint density at radius 1 is 1.23 bits per heavy atom. The number of aromatic hydroxyl groups is 1. The molecule has 2 unspecified atom stereocenters. The minimum Gasteiger partial charge on any atom is -0.506 e. The van der Waals surface area contributed by atoms with E-state index in [1.807, 2.05) is 0 Å². The molecule has 0 saturated carbocycles. The number of guanidine groups is 1. The summed E-state index contributed by atoms with van der Waals surface area (Å²) in [5.74, 6) is -2.52. The fraction of sp³-hybridized carbons (Fsp3) is 0.273. The Balaban J connectivity index is 1.62. The number of phenolic OH excluding ortho intramolecular Hbond substituents is 1. The van der Waals surface area contributed by atoms with Gasteiger partial charge in [0.2, 0.25) is 5.91 Å². The van der Waals surface area contributed by atoms with Crippen LogP contribution in [0.5, 0.6) is 5.75 Å². The van der Waals surface area contributed by atoms with Gasteiger partial charge in [-0.05, 0) is 30.3 Å². The van der Waals surface area contributed by atoms with Crippen molar-refractivity contribution in [3.8, 4) is 5.75 Å². The van der Waals surface area contributed by atoms with Crippen molar-refractivity contribution in [1.82, 2.24) is 16.0 Å². The molecule has 0 aromatic heterocycles. The summed E-state index contributed by atoms with van der Waals surface area (Å²) in [6.45, 7) is -0.302. The fourth-order valence-electron chi connectivity index (χ4n) is 3.25. The van der Waals surface area contributed by atoms with Gasteiger partial charge in [-0.15, -0.1) is 0 Å². The molecule has 3 rings (SSSR count). The van der Waals surface area contributed by atoms with E-state index in [0.717, 1.165) is 0 Å². The second-order valence-electron chi connectivity index (χ2n) is 7.60. The summed E-state index contributed by atoms with van der Waals surface area (Å²) in [5, 5.41) is 30.1. The SMILES string of the molecule is O=C(O)CC(NC(=O)CNC(=O)c1cccc(NC2=NCC(F)CN2)c1)c1cc(Cl)cc(Cl)c1O. The first-order valence-electron chi connectivity index (χ1n) is 10.4. The second-order valence-corrected chi connectivity index (χ2v) is 8.44. The molecule has 0 aliphatic carbocycles. The highest BCUT2D eigenvalue weighted by atomic mass is 35.5. The number of amides is 2. The number of rotatable bonds is 8. The fourth-order valence-corrected chi connectivity index (χ4v) is 3.76. The molecule has 0 spiro atoms. The van der Waals surface area contributed by atoms with Crippen LogP contribution in [0.3, 0.4) is 0 Å². The van der Waals surface area contributed by atoms with E-state index in [-0.39, 0.29) is 34.3 Å². The molecular formula is C22H22Cl2FN5O5. The van der Waals surface area contributed by atoms with Gasteiger partial charge in [0.1, 0.15) is 11.9 Å². The Hall–Kier alpha value is -3.57. The lowest BCUT2D eigenvalue weighted by molar-refractivity contribution is -0.137. The highest BCUT2D eigenvalue weighted by molar-refractivity contribution is 6.35. The number of carboxylic acids is 1. The summed E-state index contributed by atoms with van der Waals surface area (Å²) in [4.78, 5) is 40.3. The van der Waals surface area contributed by atoms with Crippen LogP contribution in [-0.2, 0) is 9.59 Å². The third-order valence-electron chi connectivity index (χ3n) is 4.88. The number of alkyl halides is 1. The quantitative estimate of drug-likeness (QED) is 0.309. The number of carbonyl (C=O) groups excluding carboxylic acids is 2. The van der Waals surface area contributed by atoms with Crippen LogP contribution in [0.2, 0.25) is 10.0 Å². The zero-order chi connectivity index (χ0) is 25.5. The summed E-state index contributed by atoms with van der Waals surface area (Å²) in [5.41, 5.74) is 0.797. The van der Waals surface area contributed by atoms with Crippen LogP contribution < -0.4 is 21.3 Å². The Kier molecular flexibility index (Phi) is 8.72. The minimum absolute atomic E-state index is 0.0293. The van der Waals surface area contributed by atoms with E-state index in [0.29, 0.717) is 11.6 Å². The van der Waals surface area contributed by atoms with Crippen LogP contribution in [0.25, 0.3) is 0 Å². The zero-order valence-electron chi connectivity index (χ0n) is 18.1. The van der Waals surface area contributed by atoms with Gasteiger partial charge in [-0.2, -0.15) is 0 Å². The molecule has 13 heteroatoms. The summed E-state index contributed by atoms with van der Waals surface area (Å²) in [7, 11) is 0. The van der Waals surface area contributed by atoms with Crippen molar-refractivity contribution < 1.29 is 29.0 Å². The van der Waals surface area contributed by atoms with Gasteiger partial charge >= 0.3 is 5.97 Å². The maximum atomic E-state index is 13.2. The molecule has 6 N–H and O–H groups in total. The number of benzene rings is 2. The summed E-state index contributed by atoms with van der Waals surface area (Å²) >= 11 is 11.8. The number of carbonyl (C=O) groups is 3. The van der Waals surface area contributed by atoms with E-state index >= 15 is 0 Å². The molecule has 0 bridgehead atoms. The lowest BCUT2D eigenvalue weighted by Gasteiger charge is -2.20. The Labute approximate surface area is 209 Å². The number of aliphatic imine (C=N–C) groups is 1. The summed E-state index contributed by atoms with van der Waals surface area (Å²) < 4.78 is 13.2. The normalized spacial score (nSPS) is 15.9. The number of phenols is 1. The van der Waals surface area contributed by atoms with E-state index in [4.69, 9.17) is 23.2 Å². The number of hydrogen-bond acceptors (Lipinski definition) is 7. The van der Waals surface area contributed by atoms with E-state index in [2.05, 4.69) is 26.3 Å². The molecule has 1 heterocycles. The van der Waals surface area contributed by atoms with Crippen LogP contribution in [-0.4, -0.2) is 59.8 Å². The van der Waals surface area contributed by atoms with Crippen LogP contribution >= 0.6 is 23.2 Å². The van der Waals surface area contributed by atoms with Crippen molar-refractivity contribution in [2.75, 3.05) is 25.0 Å². The predicted molar refractivity (Wildman–Crippen MR) is 129 cm³/mol. The van der Waals surface area contributed by atoms with E-state index in [9.17, 15) is 29.0 Å². The molecule has 0 saturated heterocycles. The van der Waals surface area contributed by atoms with Gasteiger partial charge in [-0.3, -0.25) is 14.4 Å². The molecule has 35 heavy (non-hydrogen) atoms. The Morgan fingerprint density at radius 3 is 2.69 bits per heavy atom. The van der Waals surface area contributed by atoms with Crippen molar-refractivity contribution in [2.45, 2.75) is 18.6 Å². The smallest absolute Gasteiger partial charge is 0.305 e. The standard InChI is InChI=1S/C22H22Cl2FN5O5/c23-12-5-15(20(34)16(24)6-12)17(7-19(32)33)30-18(31)10-26-21(35)11-2-1-3-14(4-11)29-22-27-8-13(25)9-28-22/h1-6,13,17,34H,7-10H2,(H,26,35)(H,30,31)(H,32,33)(H2,27,28,29). The minimum atomic E-state index is -1.24. The molecule has 1 aliphatic heterocycles. The monoisotopic (exact) mass is 525 g/mol. The van der Waals surface area contributed by atoms with Crippen molar-refractivity contribution in [3.63, 3.8) is 0 Å². The van der Waals surface area contributed by atoms with Gasteiger partial charge in [0.15, 0.2) is 5.96 Å². The van der Waals surface area contributed by atoms with Gasteiger partial charge in [-0.25, -0.2) is 9.38 Å². The van der Waals surface area contributed by atoms with E-state index in [1.54, 1.807) is 12.1 Å². The highest BCUT2D eigenvalue weighted by Crippen LogP contribution is 2.36. The van der Waals surface area contributed by atoms with Crippen molar-refractivity contribution in [1.29, 1.82) is 0 Å². The summed E-state index contributed by atoms with van der Waals surface area (Å²) in [6.07, 6.45) is -1.61. The third kappa shape index (κ3) is 7.46. The van der Waals surface area contributed by atoms with Crippen LogP contribution in [0.4, 0.5) is 10.1 Å². The van der Waals surface area contributed by atoms with Gasteiger partial charge in [0.25, 0.3) is 5.91 Å². The average Bonchev–Trinajstić information content (AvgIpc) is 2.81. The van der Waals surface area contributed by atoms with Gasteiger partial charge in [-0.1, -0.05) is 29.3 Å². The lowest BCUT2D eigenvalue weighted by Crippen LogP contribution is -2.41. The molecule has 186 valence electrons. The number of halogens is 3. The number of anilines is 1. The first-order chi connectivity index (χ1) is 16.6. The predicted octanol–water partition coefficient (Wildman–Crippen LogP) is 2.47. The molecule has 2 amide bonds. The molecule has 2 aromatic rings. The first kappa shape index (κ1) is 26.0. The molecule has 0 radical (unpaired) electrons. The molecule has 10 nitrogen and oxygen atoms in total.